The Morgan fingerprint density at radius 2 is 1.12 bits per heavy atom. The van der Waals surface area contributed by atoms with E-state index < -0.39 is 17.2 Å². The highest BCUT2D eigenvalue weighted by Gasteiger charge is 2.36. The summed E-state index contributed by atoms with van der Waals surface area (Å²) in [7, 11) is 0. The molecule has 1 N–H and O–H groups in total. The third-order valence-electron chi connectivity index (χ3n) is 4.06. The molecule has 1 nitrogen and oxygen atoms in total. The monoisotopic (exact) mass is 350 g/mol. The number of benzene rings is 3. The second-order valence-electron chi connectivity index (χ2n) is 5.62. The fourth-order valence-electron chi connectivity index (χ4n) is 2.91. The summed E-state index contributed by atoms with van der Waals surface area (Å²) in [6, 6.07) is 30.2. The topological polar surface area (TPSA) is 20.2 Å². The summed E-state index contributed by atoms with van der Waals surface area (Å²) < 4.78 is 13.2. The van der Waals surface area contributed by atoms with Crippen LogP contribution in [0.2, 0.25) is 0 Å². The van der Waals surface area contributed by atoms with Gasteiger partial charge in [0.2, 0.25) is 0 Å². The quantitative estimate of drug-likeness (QED) is 0.591. The van der Waals surface area contributed by atoms with Gasteiger partial charge in [0.15, 0.2) is 0 Å². The maximum Gasteiger partial charge on any atom is 0.132 e. The predicted molar refractivity (Wildman–Crippen MR) is 103 cm³/mol. The lowest BCUT2D eigenvalue weighted by atomic mass is 9.84. The molecule has 3 heteroatoms. The Balaban J connectivity index is 2.27. The van der Waals surface area contributed by atoms with Crippen LogP contribution in [0.25, 0.3) is 0 Å². The molecule has 0 unspecified atom stereocenters. The second-order valence-corrected chi connectivity index (χ2v) is 6.70. The van der Waals surface area contributed by atoms with E-state index in [0.717, 1.165) is 16.7 Å². The highest BCUT2D eigenvalue weighted by molar-refractivity contribution is 8.03. The van der Waals surface area contributed by atoms with Crippen molar-refractivity contribution < 1.29 is 9.50 Å². The molecule has 0 atom stereocenters. The zero-order valence-electron chi connectivity index (χ0n) is 13.7. The maximum absolute atomic E-state index is 13.8. The molecule has 0 saturated carbocycles. The molecule has 0 aliphatic carbocycles. The van der Waals surface area contributed by atoms with Gasteiger partial charge in [0.1, 0.15) is 5.83 Å². The van der Waals surface area contributed by atoms with Gasteiger partial charge in [0.25, 0.3) is 0 Å². The molecule has 0 aliphatic heterocycles. The summed E-state index contributed by atoms with van der Waals surface area (Å²) in [4.78, 5) is 0. The van der Waals surface area contributed by atoms with Crippen molar-refractivity contribution in [2.24, 2.45) is 0 Å². The number of rotatable bonds is 6. The van der Waals surface area contributed by atoms with Gasteiger partial charge in [-0.25, -0.2) is 4.39 Å². The summed E-state index contributed by atoms with van der Waals surface area (Å²) >= 11 is 1.36. The minimum Gasteiger partial charge on any atom is -0.389 e. The molecular weight excluding hydrogens is 331 g/mol. The average molecular weight is 350 g/mol. The minimum absolute atomic E-state index is 0.544. The maximum atomic E-state index is 13.8. The zero-order valence-corrected chi connectivity index (χ0v) is 14.5. The van der Waals surface area contributed by atoms with Crippen LogP contribution in [-0.2, 0) is 4.75 Å². The van der Waals surface area contributed by atoms with Crippen molar-refractivity contribution in [3.8, 4) is 0 Å². The van der Waals surface area contributed by atoms with Crippen LogP contribution in [0.4, 0.5) is 4.39 Å². The first-order chi connectivity index (χ1) is 12.3. The van der Waals surface area contributed by atoms with Gasteiger partial charge in [0.05, 0.1) is 11.4 Å². The summed E-state index contributed by atoms with van der Waals surface area (Å²) in [5.74, 6) is -0.544. The molecular formula is C22H19FOS. The largest absolute Gasteiger partial charge is 0.389 e. The number of hydrogen-bond donors (Lipinski definition) is 1. The van der Waals surface area contributed by atoms with Crippen LogP contribution < -0.4 is 0 Å². The SMILES string of the molecule is OC/C(F)=C/SC(c1ccccc1)(c1ccccc1)c1ccccc1. The molecule has 0 spiro atoms. The predicted octanol–water partition coefficient (Wildman–Crippen LogP) is 5.51. The Morgan fingerprint density at radius 1 is 0.760 bits per heavy atom. The second kappa shape index (κ2) is 8.15. The van der Waals surface area contributed by atoms with Crippen LogP contribution >= 0.6 is 11.8 Å². The fourth-order valence-corrected chi connectivity index (χ4v) is 4.11. The molecule has 0 aromatic heterocycles. The van der Waals surface area contributed by atoms with Crippen LogP contribution in [-0.4, -0.2) is 11.7 Å². The number of thioether (sulfide) groups is 1. The van der Waals surface area contributed by atoms with Gasteiger partial charge in [-0.15, -0.1) is 11.8 Å². The fraction of sp³-hybridized carbons (Fsp3) is 0.0909. The van der Waals surface area contributed by atoms with E-state index in [2.05, 4.69) is 36.4 Å². The summed E-state index contributed by atoms with van der Waals surface area (Å²) in [5.41, 5.74) is 3.16. The van der Waals surface area contributed by atoms with E-state index in [4.69, 9.17) is 5.11 Å². The molecule has 25 heavy (non-hydrogen) atoms. The van der Waals surface area contributed by atoms with Gasteiger partial charge in [-0.1, -0.05) is 91.0 Å². The Bertz CT molecular complexity index is 720. The zero-order chi connectivity index (χ0) is 17.5. The van der Waals surface area contributed by atoms with Crippen molar-refractivity contribution >= 4 is 11.8 Å². The molecule has 0 radical (unpaired) electrons. The van der Waals surface area contributed by atoms with Crippen molar-refractivity contribution in [1.82, 2.24) is 0 Å². The lowest BCUT2D eigenvalue weighted by Crippen LogP contribution is -2.25. The molecule has 0 fully saturated rings. The van der Waals surface area contributed by atoms with Crippen LogP contribution in [0.1, 0.15) is 16.7 Å². The Labute approximate surface area is 151 Å². The molecule has 0 bridgehead atoms. The van der Waals surface area contributed by atoms with Crippen molar-refractivity contribution in [2.45, 2.75) is 4.75 Å². The normalized spacial score (nSPS) is 12.2. The van der Waals surface area contributed by atoms with E-state index in [0.29, 0.717) is 0 Å². The molecule has 0 saturated heterocycles. The van der Waals surface area contributed by atoms with Crippen LogP contribution in [0.3, 0.4) is 0 Å². The van der Waals surface area contributed by atoms with E-state index in [1.54, 1.807) is 0 Å². The molecule has 0 aliphatic rings. The van der Waals surface area contributed by atoms with Gasteiger partial charge in [-0.05, 0) is 16.7 Å². The van der Waals surface area contributed by atoms with Gasteiger partial charge in [-0.3, -0.25) is 0 Å². The lowest BCUT2D eigenvalue weighted by molar-refractivity contribution is 0.299. The summed E-state index contributed by atoms with van der Waals surface area (Å²) in [5, 5.41) is 10.5. The molecule has 3 aromatic carbocycles. The van der Waals surface area contributed by atoms with Crippen LogP contribution in [0.15, 0.2) is 102 Å². The molecule has 3 rings (SSSR count). The summed E-state index contributed by atoms with van der Waals surface area (Å²) in [6.07, 6.45) is 0. The highest BCUT2D eigenvalue weighted by Crippen LogP contribution is 2.49. The molecule has 126 valence electrons. The minimum atomic E-state index is -0.601. The van der Waals surface area contributed by atoms with E-state index >= 15 is 0 Å². The van der Waals surface area contributed by atoms with E-state index in [1.165, 1.54) is 17.2 Å². The number of aliphatic hydroxyl groups excluding tert-OH is 1. The highest BCUT2D eigenvalue weighted by atomic mass is 32.2. The van der Waals surface area contributed by atoms with Gasteiger partial charge in [-0.2, -0.15) is 0 Å². The van der Waals surface area contributed by atoms with Crippen LogP contribution in [0.5, 0.6) is 0 Å². The van der Waals surface area contributed by atoms with E-state index in [1.807, 2.05) is 54.6 Å². The Morgan fingerprint density at radius 3 is 1.44 bits per heavy atom. The Hall–Kier alpha value is -2.36. The lowest BCUT2D eigenvalue weighted by Gasteiger charge is -2.34. The molecule has 0 amide bonds. The average Bonchev–Trinajstić information content (AvgIpc) is 2.71. The first-order valence-electron chi connectivity index (χ1n) is 8.07. The van der Waals surface area contributed by atoms with Gasteiger partial charge < -0.3 is 5.11 Å². The van der Waals surface area contributed by atoms with E-state index in [-0.39, 0.29) is 0 Å². The third-order valence-corrected chi connectivity index (χ3v) is 5.49. The standard InChI is InChI=1S/C22H19FOS/c23-21(16-24)17-25-22(18-10-4-1-5-11-18,19-12-6-2-7-13-19)20-14-8-3-9-15-20/h1-15,17,24H,16H2/b21-17-. The summed E-state index contributed by atoms with van der Waals surface area (Å²) in [6.45, 7) is -0.596. The van der Waals surface area contributed by atoms with Crippen molar-refractivity contribution in [3.63, 3.8) is 0 Å². The van der Waals surface area contributed by atoms with Gasteiger partial charge in [0, 0.05) is 5.41 Å². The van der Waals surface area contributed by atoms with Crippen molar-refractivity contribution in [3.05, 3.63) is 119 Å². The molecule has 3 aromatic rings. The number of aliphatic hydroxyl groups is 1. The third kappa shape index (κ3) is 3.68. The van der Waals surface area contributed by atoms with Gasteiger partial charge >= 0.3 is 0 Å². The van der Waals surface area contributed by atoms with Crippen molar-refractivity contribution in [1.29, 1.82) is 0 Å². The van der Waals surface area contributed by atoms with Crippen LogP contribution in [0, 0.1) is 0 Å². The first-order valence-corrected chi connectivity index (χ1v) is 8.95. The van der Waals surface area contributed by atoms with Crippen molar-refractivity contribution in [2.75, 3.05) is 6.61 Å². The smallest absolute Gasteiger partial charge is 0.132 e. The number of hydrogen-bond acceptors (Lipinski definition) is 2. The van der Waals surface area contributed by atoms with E-state index in [9.17, 15) is 4.39 Å². The first kappa shape index (κ1) is 17.5. The number of halogens is 1. The molecule has 0 heterocycles. The Kier molecular flexibility index (Phi) is 5.69.